The Labute approximate surface area is 124 Å². The maximum absolute atomic E-state index is 12.6. The fourth-order valence-electron chi connectivity index (χ4n) is 2.52. The molecule has 1 aliphatic rings. The lowest BCUT2D eigenvalue weighted by atomic mass is 9.96. The van der Waals surface area contributed by atoms with Gasteiger partial charge in [-0.15, -0.1) is 0 Å². The van der Waals surface area contributed by atoms with E-state index in [1.165, 1.54) is 0 Å². The zero-order valence-electron chi connectivity index (χ0n) is 11.1. The van der Waals surface area contributed by atoms with E-state index >= 15 is 0 Å². The van der Waals surface area contributed by atoms with Crippen molar-refractivity contribution in [1.29, 1.82) is 0 Å². The van der Waals surface area contributed by atoms with E-state index in [-0.39, 0.29) is 12.8 Å². The molecule has 20 heavy (non-hydrogen) atoms. The van der Waals surface area contributed by atoms with Crippen LogP contribution in [0.15, 0.2) is 22.7 Å². The first kappa shape index (κ1) is 15.6. The number of anilines is 1. The molecular weight excluding hydrogens is 335 g/mol. The van der Waals surface area contributed by atoms with Gasteiger partial charge in [-0.05, 0) is 37.5 Å². The van der Waals surface area contributed by atoms with Gasteiger partial charge in [0.05, 0.1) is 12.0 Å². The molecule has 1 atom stereocenters. The Hall–Kier alpha value is -0.750. The molecule has 1 aromatic rings. The Kier molecular flexibility index (Phi) is 4.64. The molecule has 1 aromatic carbocycles. The normalized spacial score (nSPS) is 19.2. The topological polar surface area (TPSA) is 23.5 Å². The van der Waals surface area contributed by atoms with E-state index < -0.39 is 18.2 Å². The molecule has 0 aliphatic carbocycles. The van der Waals surface area contributed by atoms with Crippen molar-refractivity contribution in [1.82, 2.24) is 0 Å². The van der Waals surface area contributed by atoms with Crippen LogP contribution in [0.2, 0.25) is 0 Å². The number of benzene rings is 1. The van der Waals surface area contributed by atoms with Crippen molar-refractivity contribution in [2.75, 3.05) is 18.0 Å². The van der Waals surface area contributed by atoms with Gasteiger partial charge in [-0.3, -0.25) is 0 Å². The average molecular weight is 352 g/mol. The SMILES string of the molecule is C[C@@H](O)c1ccc(N2CCC(C(F)(F)F)CC2)cc1Br. The third kappa shape index (κ3) is 3.47. The number of aliphatic hydroxyl groups is 1. The highest BCUT2D eigenvalue weighted by molar-refractivity contribution is 9.10. The van der Waals surface area contributed by atoms with Crippen molar-refractivity contribution in [2.24, 2.45) is 5.92 Å². The largest absolute Gasteiger partial charge is 0.391 e. The van der Waals surface area contributed by atoms with Crippen molar-refractivity contribution in [3.63, 3.8) is 0 Å². The lowest BCUT2D eigenvalue weighted by Crippen LogP contribution is -2.39. The molecular formula is C14H17BrF3NO. The van der Waals surface area contributed by atoms with Gasteiger partial charge >= 0.3 is 6.18 Å². The standard InChI is InChI=1S/C14H17BrF3NO/c1-9(20)12-3-2-11(8-13(12)15)19-6-4-10(5-7-19)14(16,17)18/h2-3,8-10,20H,4-7H2,1H3/t9-/m1/s1. The second kappa shape index (κ2) is 5.93. The summed E-state index contributed by atoms with van der Waals surface area (Å²) in [6.45, 7) is 2.49. The van der Waals surface area contributed by atoms with Crippen LogP contribution in [-0.2, 0) is 0 Å². The van der Waals surface area contributed by atoms with Gasteiger partial charge in [0.15, 0.2) is 0 Å². The molecule has 2 rings (SSSR count). The van der Waals surface area contributed by atoms with Gasteiger partial charge < -0.3 is 10.0 Å². The molecule has 0 spiro atoms. The Morgan fingerprint density at radius 1 is 1.30 bits per heavy atom. The smallest absolute Gasteiger partial charge is 0.389 e. The van der Waals surface area contributed by atoms with E-state index in [0.29, 0.717) is 13.1 Å². The number of piperidine rings is 1. The van der Waals surface area contributed by atoms with Gasteiger partial charge in [-0.1, -0.05) is 22.0 Å². The first-order valence-electron chi connectivity index (χ1n) is 6.58. The molecule has 6 heteroatoms. The summed E-state index contributed by atoms with van der Waals surface area (Å²) in [4.78, 5) is 1.96. The summed E-state index contributed by atoms with van der Waals surface area (Å²) in [5.74, 6) is -1.18. The van der Waals surface area contributed by atoms with Crippen LogP contribution in [0.1, 0.15) is 31.4 Å². The third-order valence-corrected chi connectivity index (χ3v) is 4.44. The fourth-order valence-corrected chi connectivity index (χ4v) is 3.21. The van der Waals surface area contributed by atoms with Gasteiger partial charge in [-0.2, -0.15) is 13.2 Å². The molecule has 0 radical (unpaired) electrons. The lowest BCUT2D eigenvalue weighted by Gasteiger charge is -2.34. The van der Waals surface area contributed by atoms with Gasteiger partial charge in [-0.25, -0.2) is 0 Å². The maximum atomic E-state index is 12.6. The van der Waals surface area contributed by atoms with Crippen LogP contribution in [-0.4, -0.2) is 24.4 Å². The Morgan fingerprint density at radius 2 is 1.90 bits per heavy atom. The summed E-state index contributed by atoms with van der Waals surface area (Å²) in [7, 11) is 0. The highest BCUT2D eigenvalue weighted by atomic mass is 79.9. The molecule has 1 fully saturated rings. The molecule has 1 N–H and O–H groups in total. The molecule has 0 saturated carbocycles. The van der Waals surface area contributed by atoms with Crippen molar-refractivity contribution >= 4 is 21.6 Å². The minimum atomic E-state index is -4.08. The van der Waals surface area contributed by atoms with Crippen LogP contribution in [0.25, 0.3) is 0 Å². The summed E-state index contributed by atoms with van der Waals surface area (Å²) in [5, 5.41) is 9.56. The number of hydrogen-bond donors (Lipinski definition) is 1. The van der Waals surface area contributed by atoms with E-state index in [0.717, 1.165) is 15.7 Å². The molecule has 0 unspecified atom stereocenters. The van der Waals surface area contributed by atoms with Gasteiger partial charge in [0, 0.05) is 23.2 Å². The van der Waals surface area contributed by atoms with E-state index in [1.54, 1.807) is 13.0 Å². The van der Waals surface area contributed by atoms with E-state index in [4.69, 9.17) is 0 Å². The van der Waals surface area contributed by atoms with Crippen molar-refractivity contribution in [3.8, 4) is 0 Å². The second-order valence-corrected chi connectivity index (χ2v) is 6.04. The van der Waals surface area contributed by atoms with Crippen LogP contribution in [0, 0.1) is 5.92 Å². The average Bonchev–Trinajstić information content (AvgIpc) is 2.37. The first-order valence-corrected chi connectivity index (χ1v) is 7.37. The maximum Gasteiger partial charge on any atom is 0.391 e. The van der Waals surface area contributed by atoms with Crippen LogP contribution in [0.4, 0.5) is 18.9 Å². The monoisotopic (exact) mass is 351 g/mol. The summed E-state index contributed by atoms with van der Waals surface area (Å²) in [6.07, 6.45) is -4.38. The molecule has 1 saturated heterocycles. The van der Waals surface area contributed by atoms with Crippen LogP contribution in [0.5, 0.6) is 0 Å². The summed E-state index contributed by atoms with van der Waals surface area (Å²) >= 11 is 3.39. The number of nitrogens with zero attached hydrogens (tertiary/aromatic N) is 1. The fraction of sp³-hybridized carbons (Fsp3) is 0.571. The number of hydrogen-bond acceptors (Lipinski definition) is 2. The van der Waals surface area contributed by atoms with Crippen LogP contribution >= 0.6 is 15.9 Å². The Bertz CT molecular complexity index is 468. The van der Waals surface area contributed by atoms with Crippen molar-refractivity contribution in [2.45, 2.75) is 32.0 Å². The minimum absolute atomic E-state index is 0.138. The first-order chi connectivity index (χ1) is 9.29. The van der Waals surface area contributed by atoms with Gasteiger partial charge in [0.1, 0.15) is 0 Å². The molecule has 112 valence electrons. The predicted molar refractivity (Wildman–Crippen MR) is 75.8 cm³/mol. The number of halogens is 4. The summed E-state index contributed by atoms with van der Waals surface area (Å²) in [6, 6.07) is 5.51. The van der Waals surface area contributed by atoms with E-state index in [2.05, 4.69) is 15.9 Å². The molecule has 0 aromatic heterocycles. The molecule has 2 nitrogen and oxygen atoms in total. The minimum Gasteiger partial charge on any atom is -0.389 e. The van der Waals surface area contributed by atoms with E-state index in [9.17, 15) is 18.3 Å². The quantitative estimate of drug-likeness (QED) is 0.859. The molecule has 0 bridgehead atoms. The Balaban J connectivity index is 2.06. The van der Waals surface area contributed by atoms with E-state index in [1.807, 2.05) is 17.0 Å². The lowest BCUT2D eigenvalue weighted by molar-refractivity contribution is -0.179. The third-order valence-electron chi connectivity index (χ3n) is 3.76. The zero-order valence-corrected chi connectivity index (χ0v) is 12.7. The number of aliphatic hydroxyl groups excluding tert-OH is 1. The van der Waals surface area contributed by atoms with Crippen molar-refractivity contribution in [3.05, 3.63) is 28.2 Å². The summed E-state index contributed by atoms with van der Waals surface area (Å²) < 4.78 is 38.6. The number of rotatable bonds is 2. The Morgan fingerprint density at radius 3 is 2.35 bits per heavy atom. The molecule has 0 amide bonds. The van der Waals surface area contributed by atoms with Gasteiger partial charge in [0.2, 0.25) is 0 Å². The van der Waals surface area contributed by atoms with Crippen molar-refractivity contribution < 1.29 is 18.3 Å². The summed E-state index contributed by atoms with van der Waals surface area (Å²) in [5.41, 5.74) is 1.67. The van der Waals surface area contributed by atoms with Gasteiger partial charge in [0.25, 0.3) is 0 Å². The highest BCUT2D eigenvalue weighted by Gasteiger charge is 2.41. The highest BCUT2D eigenvalue weighted by Crippen LogP contribution is 2.36. The molecule has 1 heterocycles. The molecule has 1 aliphatic heterocycles. The van der Waals surface area contributed by atoms with Crippen LogP contribution in [0.3, 0.4) is 0 Å². The zero-order chi connectivity index (χ0) is 14.9. The second-order valence-electron chi connectivity index (χ2n) is 5.18. The van der Waals surface area contributed by atoms with Crippen LogP contribution < -0.4 is 4.90 Å². The number of alkyl halides is 3. The predicted octanol–water partition coefficient (Wildman–Crippen LogP) is 4.28.